The normalized spacial score (nSPS) is 19.6. The average molecular weight is 542 g/mol. The summed E-state index contributed by atoms with van der Waals surface area (Å²) in [5.74, 6) is 0. The highest BCUT2D eigenvalue weighted by Crippen LogP contribution is 2.32. The fourth-order valence-electron chi connectivity index (χ4n) is 3.81. The SMILES string of the molecule is COCCOc1ncc2c(N3C[C@H](C)N(C(=O)OC(C)(C)C)[C@@H](C)C3)ccc(I)c2n1. The van der Waals surface area contributed by atoms with Crippen LogP contribution in [0.1, 0.15) is 34.6 Å². The molecule has 0 unspecified atom stereocenters. The fourth-order valence-corrected chi connectivity index (χ4v) is 4.40. The largest absolute Gasteiger partial charge is 0.461 e. The van der Waals surface area contributed by atoms with Crippen LogP contribution in [0, 0.1) is 3.57 Å². The lowest BCUT2D eigenvalue weighted by atomic mass is 10.1. The molecule has 0 N–H and O–H groups in total. The number of benzene rings is 1. The summed E-state index contributed by atoms with van der Waals surface area (Å²) in [6.07, 6.45) is 1.55. The molecule has 2 aromatic rings. The van der Waals surface area contributed by atoms with Crippen LogP contribution in [0.25, 0.3) is 10.9 Å². The third-order valence-corrected chi connectivity index (χ3v) is 5.91. The topological polar surface area (TPSA) is 77.0 Å². The van der Waals surface area contributed by atoms with Crippen molar-refractivity contribution in [2.24, 2.45) is 0 Å². The fraction of sp³-hybridized carbons (Fsp3) is 0.591. The molecule has 1 aliphatic rings. The number of methoxy groups -OCH3 is 1. The van der Waals surface area contributed by atoms with Gasteiger partial charge in [-0.3, -0.25) is 4.90 Å². The Morgan fingerprint density at radius 1 is 1.19 bits per heavy atom. The molecule has 3 rings (SSSR count). The molecular formula is C22H31IN4O4. The summed E-state index contributed by atoms with van der Waals surface area (Å²) in [6.45, 7) is 12.1. The first-order valence-electron chi connectivity index (χ1n) is 10.4. The van der Waals surface area contributed by atoms with Crippen molar-refractivity contribution < 1.29 is 19.0 Å². The molecule has 2 atom stereocenters. The lowest BCUT2D eigenvalue weighted by Gasteiger charge is -2.45. The van der Waals surface area contributed by atoms with Crippen molar-refractivity contribution in [2.45, 2.75) is 52.3 Å². The van der Waals surface area contributed by atoms with Gasteiger partial charge in [0.25, 0.3) is 0 Å². The average Bonchev–Trinajstić information content (AvgIpc) is 2.67. The minimum Gasteiger partial charge on any atom is -0.461 e. The van der Waals surface area contributed by atoms with Crippen molar-refractivity contribution in [1.82, 2.24) is 14.9 Å². The number of fused-ring (bicyclic) bond motifs is 1. The molecule has 1 fully saturated rings. The number of amides is 1. The van der Waals surface area contributed by atoms with Crippen LogP contribution in [0.4, 0.5) is 10.5 Å². The number of piperazine rings is 1. The summed E-state index contributed by atoms with van der Waals surface area (Å²) in [4.78, 5) is 25.9. The van der Waals surface area contributed by atoms with E-state index in [2.05, 4.69) is 63.4 Å². The van der Waals surface area contributed by atoms with Crippen molar-refractivity contribution in [3.05, 3.63) is 21.9 Å². The second kappa shape index (κ2) is 9.72. The maximum Gasteiger partial charge on any atom is 0.410 e. The molecule has 9 heteroatoms. The first kappa shape index (κ1) is 23.8. The predicted octanol–water partition coefficient (Wildman–Crippen LogP) is 4.09. The number of anilines is 1. The molecule has 0 aliphatic carbocycles. The van der Waals surface area contributed by atoms with Gasteiger partial charge < -0.3 is 19.1 Å². The van der Waals surface area contributed by atoms with Gasteiger partial charge in [0.1, 0.15) is 12.2 Å². The van der Waals surface area contributed by atoms with Gasteiger partial charge >= 0.3 is 12.1 Å². The lowest BCUT2D eigenvalue weighted by molar-refractivity contribution is 0.00568. The number of hydrogen-bond acceptors (Lipinski definition) is 7. The number of aromatic nitrogens is 2. The van der Waals surface area contributed by atoms with Gasteiger partial charge in [-0.05, 0) is 69.3 Å². The van der Waals surface area contributed by atoms with Gasteiger partial charge in [0.2, 0.25) is 0 Å². The van der Waals surface area contributed by atoms with Gasteiger partial charge in [-0.25, -0.2) is 9.78 Å². The Balaban J connectivity index is 1.84. The molecule has 31 heavy (non-hydrogen) atoms. The highest BCUT2D eigenvalue weighted by molar-refractivity contribution is 14.1. The molecule has 1 aliphatic heterocycles. The molecule has 1 aromatic carbocycles. The van der Waals surface area contributed by atoms with E-state index in [1.165, 1.54) is 0 Å². The van der Waals surface area contributed by atoms with Gasteiger partial charge in [-0.2, -0.15) is 4.98 Å². The predicted molar refractivity (Wildman–Crippen MR) is 129 cm³/mol. The van der Waals surface area contributed by atoms with Crippen LogP contribution in [0.3, 0.4) is 0 Å². The molecule has 8 nitrogen and oxygen atoms in total. The Hall–Kier alpha value is -1.88. The third kappa shape index (κ3) is 5.68. The van der Waals surface area contributed by atoms with Crippen LogP contribution in [0.5, 0.6) is 6.01 Å². The summed E-state index contributed by atoms with van der Waals surface area (Å²) in [6, 6.07) is 4.51. The van der Waals surface area contributed by atoms with Crippen molar-refractivity contribution in [2.75, 3.05) is 38.3 Å². The van der Waals surface area contributed by atoms with Crippen LogP contribution in [0.2, 0.25) is 0 Å². The van der Waals surface area contributed by atoms with Crippen LogP contribution in [-0.2, 0) is 9.47 Å². The highest BCUT2D eigenvalue weighted by atomic mass is 127. The van der Waals surface area contributed by atoms with Crippen LogP contribution >= 0.6 is 22.6 Å². The maximum atomic E-state index is 12.7. The zero-order valence-corrected chi connectivity index (χ0v) is 21.2. The summed E-state index contributed by atoms with van der Waals surface area (Å²) < 4.78 is 17.3. The molecule has 1 saturated heterocycles. The monoisotopic (exact) mass is 542 g/mol. The molecule has 0 spiro atoms. The van der Waals surface area contributed by atoms with Crippen molar-refractivity contribution in [1.29, 1.82) is 0 Å². The summed E-state index contributed by atoms with van der Waals surface area (Å²) >= 11 is 2.28. The van der Waals surface area contributed by atoms with Crippen molar-refractivity contribution in [3.8, 4) is 6.01 Å². The maximum absolute atomic E-state index is 12.7. The Bertz CT molecular complexity index is 922. The molecule has 170 valence electrons. The quantitative estimate of drug-likeness (QED) is 0.416. The van der Waals surface area contributed by atoms with E-state index in [-0.39, 0.29) is 18.2 Å². The van der Waals surface area contributed by atoms with E-state index < -0.39 is 5.60 Å². The van der Waals surface area contributed by atoms with Crippen molar-refractivity contribution >= 4 is 45.3 Å². The van der Waals surface area contributed by atoms with E-state index in [4.69, 9.17) is 14.2 Å². The third-order valence-electron chi connectivity index (χ3n) is 5.04. The van der Waals surface area contributed by atoms with Crippen LogP contribution < -0.4 is 9.64 Å². The number of carbonyl (C=O) groups excluding carboxylic acids is 1. The Kier molecular flexibility index (Phi) is 7.46. The Morgan fingerprint density at radius 2 is 1.87 bits per heavy atom. The highest BCUT2D eigenvalue weighted by Gasteiger charge is 2.36. The smallest absolute Gasteiger partial charge is 0.410 e. The minimum atomic E-state index is -0.514. The minimum absolute atomic E-state index is 0.00509. The van der Waals surface area contributed by atoms with Gasteiger partial charge in [0.15, 0.2) is 0 Å². The summed E-state index contributed by atoms with van der Waals surface area (Å²) in [5.41, 5.74) is 1.40. The van der Waals surface area contributed by atoms with Crippen LogP contribution in [0.15, 0.2) is 18.3 Å². The van der Waals surface area contributed by atoms with E-state index in [0.29, 0.717) is 32.3 Å². The van der Waals surface area contributed by atoms with Gasteiger partial charge in [0.05, 0.1) is 24.2 Å². The van der Waals surface area contributed by atoms with Crippen LogP contribution in [-0.4, -0.2) is 72.1 Å². The van der Waals surface area contributed by atoms with E-state index >= 15 is 0 Å². The van der Waals surface area contributed by atoms with Gasteiger partial charge in [-0.15, -0.1) is 0 Å². The number of carbonyl (C=O) groups is 1. The number of halogens is 1. The second-order valence-corrected chi connectivity index (χ2v) is 9.98. The summed E-state index contributed by atoms with van der Waals surface area (Å²) in [7, 11) is 1.63. The number of hydrogen-bond donors (Lipinski definition) is 0. The Morgan fingerprint density at radius 3 is 2.48 bits per heavy atom. The Labute approximate surface area is 197 Å². The summed E-state index contributed by atoms with van der Waals surface area (Å²) in [5, 5.41) is 0.969. The van der Waals surface area contributed by atoms with Gasteiger partial charge in [-0.1, -0.05) is 0 Å². The molecule has 0 saturated carbocycles. The number of rotatable bonds is 5. The lowest BCUT2D eigenvalue weighted by Crippen LogP contribution is -2.59. The van der Waals surface area contributed by atoms with E-state index in [9.17, 15) is 4.79 Å². The molecule has 1 amide bonds. The molecule has 0 radical (unpaired) electrons. The molecular weight excluding hydrogens is 511 g/mol. The first-order chi connectivity index (χ1) is 14.6. The van der Waals surface area contributed by atoms with Crippen molar-refractivity contribution in [3.63, 3.8) is 0 Å². The second-order valence-electron chi connectivity index (χ2n) is 8.81. The van der Waals surface area contributed by atoms with E-state index in [1.807, 2.05) is 31.9 Å². The zero-order chi connectivity index (χ0) is 22.8. The molecule has 1 aromatic heterocycles. The van der Waals surface area contributed by atoms with E-state index in [0.717, 1.165) is 20.2 Å². The van der Waals surface area contributed by atoms with Gasteiger partial charge in [0, 0.05) is 41.0 Å². The molecule has 0 bridgehead atoms. The zero-order valence-electron chi connectivity index (χ0n) is 19.0. The number of ether oxygens (including phenoxy) is 3. The molecule has 2 heterocycles. The number of nitrogens with zero attached hydrogens (tertiary/aromatic N) is 4. The first-order valence-corrected chi connectivity index (χ1v) is 11.5. The van der Waals surface area contributed by atoms with E-state index in [1.54, 1.807) is 7.11 Å². The standard InChI is InChI=1S/C22H31IN4O4/c1-14-12-26(13-15(2)27(14)21(28)31-22(3,4)5)18-8-7-17(23)19-16(18)11-24-20(25-19)30-10-9-29-6/h7-8,11,14-15H,9-10,12-13H2,1-6H3/t14-,15-/m0/s1.